The van der Waals surface area contributed by atoms with Crippen molar-refractivity contribution >= 4 is 17.4 Å². The van der Waals surface area contributed by atoms with Gasteiger partial charge < -0.3 is 10.6 Å². The molecule has 2 N–H and O–H groups in total. The molecule has 5 heteroatoms. The van der Waals surface area contributed by atoms with E-state index in [-0.39, 0.29) is 6.03 Å². The average molecular weight is 282 g/mol. The van der Waals surface area contributed by atoms with Gasteiger partial charge in [-0.25, -0.2) is 4.79 Å². The van der Waals surface area contributed by atoms with E-state index in [0.717, 1.165) is 22.6 Å². The fourth-order valence-electron chi connectivity index (χ4n) is 2.31. The molecule has 2 amide bonds. The van der Waals surface area contributed by atoms with Crippen LogP contribution in [0.15, 0.2) is 42.6 Å². The van der Waals surface area contributed by atoms with Crippen molar-refractivity contribution < 1.29 is 4.79 Å². The number of nitrogens with one attached hydrogen (secondary N) is 2. The zero-order chi connectivity index (χ0) is 14.7. The molecule has 0 unspecified atom stereocenters. The fourth-order valence-corrected chi connectivity index (χ4v) is 2.31. The standard InChI is InChI=1S/C16H18N4O/c1-12-5-6-13(10-18-12)11-19-14-3-2-4-15(9-14)20-8-7-17-16(20)21/h2-6,9-10,19H,7-8,11H2,1H3,(H,17,21). The van der Waals surface area contributed by atoms with E-state index in [9.17, 15) is 4.79 Å². The lowest BCUT2D eigenvalue weighted by molar-refractivity contribution is 0.252. The molecule has 1 aliphatic heterocycles. The van der Waals surface area contributed by atoms with Crippen LogP contribution in [0.25, 0.3) is 0 Å². The molecule has 2 heterocycles. The minimum Gasteiger partial charge on any atom is -0.381 e. The zero-order valence-electron chi connectivity index (χ0n) is 12.0. The molecule has 1 aliphatic rings. The first-order valence-electron chi connectivity index (χ1n) is 7.03. The Morgan fingerprint density at radius 2 is 2.24 bits per heavy atom. The van der Waals surface area contributed by atoms with E-state index in [4.69, 9.17) is 0 Å². The maximum absolute atomic E-state index is 11.7. The summed E-state index contributed by atoms with van der Waals surface area (Å²) in [7, 11) is 0. The van der Waals surface area contributed by atoms with Gasteiger partial charge in [0.05, 0.1) is 0 Å². The first-order valence-corrected chi connectivity index (χ1v) is 7.03. The first-order chi connectivity index (χ1) is 10.2. The number of urea groups is 1. The molecule has 1 aromatic carbocycles. The molecule has 0 atom stereocenters. The highest BCUT2D eigenvalue weighted by atomic mass is 16.2. The molecule has 1 fully saturated rings. The summed E-state index contributed by atoms with van der Waals surface area (Å²) in [4.78, 5) is 17.7. The van der Waals surface area contributed by atoms with E-state index in [1.807, 2.05) is 43.5 Å². The Hall–Kier alpha value is -2.56. The van der Waals surface area contributed by atoms with Crippen LogP contribution in [0.3, 0.4) is 0 Å². The van der Waals surface area contributed by atoms with Crippen LogP contribution in [-0.2, 0) is 6.54 Å². The number of aryl methyl sites for hydroxylation is 1. The van der Waals surface area contributed by atoms with E-state index in [2.05, 4.69) is 21.7 Å². The molecule has 1 saturated heterocycles. The fraction of sp³-hybridized carbons (Fsp3) is 0.250. The van der Waals surface area contributed by atoms with Gasteiger partial charge in [0, 0.05) is 42.9 Å². The lowest BCUT2D eigenvalue weighted by Gasteiger charge is -2.16. The minimum atomic E-state index is -0.0325. The number of benzene rings is 1. The van der Waals surface area contributed by atoms with Crippen molar-refractivity contribution in [2.24, 2.45) is 0 Å². The van der Waals surface area contributed by atoms with Gasteiger partial charge >= 0.3 is 6.03 Å². The summed E-state index contributed by atoms with van der Waals surface area (Å²) in [5.74, 6) is 0. The van der Waals surface area contributed by atoms with E-state index in [0.29, 0.717) is 19.6 Å². The Morgan fingerprint density at radius 1 is 1.33 bits per heavy atom. The normalized spacial score (nSPS) is 14.1. The Kier molecular flexibility index (Phi) is 3.73. The highest BCUT2D eigenvalue weighted by molar-refractivity contribution is 5.94. The summed E-state index contributed by atoms with van der Waals surface area (Å²) < 4.78 is 0. The number of hydrogen-bond donors (Lipinski definition) is 2. The third-order valence-electron chi connectivity index (χ3n) is 3.48. The Balaban J connectivity index is 1.68. The summed E-state index contributed by atoms with van der Waals surface area (Å²) in [6.45, 7) is 4.10. The molecular formula is C16H18N4O. The third-order valence-corrected chi connectivity index (χ3v) is 3.48. The molecule has 0 saturated carbocycles. The lowest BCUT2D eigenvalue weighted by atomic mass is 10.2. The summed E-state index contributed by atoms with van der Waals surface area (Å²) >= 11 is 0. The van der Waals surface area contributed by atoms with Crippen LogP contribution in [0.4, 0.5) is 16.2 Å². The molecular weight excluding hydrogens is 264 g/mol. The van der Waals surface area contributed by atoms with E-state index in [1.54, 1.807) is 4.90 Å². The molecule has 0 spiro atoms. The van der Waals surface area contributed by atoms with Crippen LogP contribution < -0.4 is 15.5 Å². The largest absolute Gasteiger partial charge is 0.381 e. The van der Waals surface area contributed by atoms with Gasteiger partial charge in [0.25, 0.3) is 0 Å². The van der Waals surface area contributed by atoms with Crippen LogP contribution in [0.1, 0.15) is 11.3 Å². The Morgan fingerprint density at radius 3 is 2.95 bits per heavy atom. The van der Waals surface area contributed by atoms with Crippen LogP contribution in [0.5, 0.6) is 0 Å². The van der Waals surface area contributed by atoms with Crippen molar-refractivity contribution in [3.8, 4) is 0 Å². The smallest absolute Gasteiger partial charge is 0.321 e. The molecule has 108 valence electrons. The molecule has 0 aliphatic carbocycles. The molecule has 21 heavy (non-hydrogen) atoms. The minimum absolute atomic E-state index is 0.0325. The number of anilines is 2. The predicted octanol–water partition coefficient (Wildman–Crippen LogP) is 2.53. The summed E-state index contributed by atoms with van der Waals surface area (Å²) in [6, 6.07) is 11.9. The zero-order valence-corrected chi connectivity index (χ0v) is 12.0. The summed E-state index contributed by atoms with van der Waals surface area (Å²) in [5.41, 5.74) is 4.05. The number of rotatable bonds is 4. The number of hydrogen-bond acceptors (Lipinski definition) is 3. The Labute approximate surface area is 124 Å². The van der Waals surface area contributed by atoms with Crippen LogP contribution in [0, 0.1) is 6.92 Å². The van der Waals surface area contributed by atoms with Gasteiger partial charge in [0.2, 0.25) is 0 Å². The van der Waals surface area contributed by atoms with Crippen molar-refractivity contribution in [2.45, 2.75) is 13.5 Å². The maximum atomic E-state index is 11.7. The molecule has 0 radical (unpaired) electrons. The maximum Gasteiger partial charge on any atom is 0.321 e. The van der Waals surface area contributed by atoms with E-state index >= 15 is 0 Å². The first kappa shape index (κ1) is 13.4. The van der Waals surface area contributed by atoms with Crippen LogP contribution in [0.2, 0.25) is 0 Å². The van der Waals surface area contributed by atoms with E-state index < -0.39 is 0 Å². The molecule has 0 bridgehead atoms. The predicted molar refractivity (Wildman–Crippen MR) is 83.5 cm³/mol. The van der Waals surface area contributed by atoms with Gasteiger partial charge in [-0.2, -0.15) is 0 Å². The molecule has 2 aromatic rings. The van der Waals surface area contributed by atoms with Crippen molar-refractivity contribution in [1.82, 2.24) is 10.3 Å². The highest BCUT2D eigenvalue weighted by Gasteiger charge is 2.20. The van der Waals surface area contributed by atoms with Gasteiger partial charge in [-0.15, -0.1) is 0 Å². The summed E-state index contributed by atoms with van der Waals surface area (Å²) in [6.07, 6.45) is 1.88. The number of aromatic nitrogens is 1. The van der Waals surface area contributed by atoms with Gasteiger partial charge in [-0.05, 0) is 36.8 Å². The van der Waals surface area contributed by atoms with Crippen molar-refractivity contribution in [3.05, 3.63) is 53.9 Å². The van der Waals surface area contributed by atoms with Crippen LogP contribution in [-0.4, -0.2) is 24.1 Å². The highest BCUT2D eigenvalue weighted by Crippen LogP contribution is 2.21. The lowest BCUT2D eigenvalue weighted by Crippen LogP contribution is -2.27. The average Bonchev–Trinajstić information content (AvgIpc) is 2.93. The summed E-state index contributed by atoms with van der Waals surface area (Å²) in [5, 5.41) is 6.17. The van der Waals surface area contributed by atoms with Crippen molar-refractivity contribution in [3.63, 3.8) is 0 Å². The number of pyridine rings is 1. The Bertz CT molecular complexity index is 639. The van der Waals surface area contributed by atoms with Crippen molar-refractivity contribution in [1.29, 1.82) is 0 Å². The van der Waals surface area contributed by atoms with Crippen LogP contribution >= 0.6 is 0 Å². The molecule has 1 aromatic heterocycles. The number of amides is 2. The number of nitrogens with zero attached hydrogens (tertiary/aromatic N) is 2. The number of carbonyl (C=O) groups is 1. The SMILES string of the molecule is Cc1ccc(CNc2cccc(N3CCNC3=O)c2)cn1. The van der Waals surface area contributed by atoms with E-state index in [1.165, 1.54) is 0 Å². The second kappa shape index (κ2) is 5.83. The third kappa shape index (κ3) is 3.13. The molecule has 5 nitrogen and oxygen atoms in total. The second-order valence-corrected chi connectivity index (χ2v) is 5.10. The second-order valence-electron chi connectivity index (χ2n) is 5.10. The van der Waals surface area contributed by atoms with Gasteiger partial charge in [-0.3, -0.25) is 9.88 Å². The van der Waals surface area contributed by atoms with Gasteiger partial charge in [0.15, 0.2) is 0 Å². The number of carbonyl (C=O) groups excluding carboxylic acids is 1. The topological polar surface area (TPSA) is 57.3 Å². The van der Waals surface area contributed by atoms with Gasteiger partial charge in [-0.1, -0.05) is 12.1 Å². The molecule has 3 rings (SSSR count). The van der Waals surface area contributed by atoms with Crippen molar-refractivity contribution in [2.75, 3.05) is 23.3 Å². The monoisotopic (exact) mass is 282 g/mol. The quantitative estimate of drug-likeness (QED) is 0.906. The van der Waals surface area contributed by atoms with Gasteiger partial charge in [0.1, 0.15) is 0 Å².